The van der Waals surface area contributed by atoms with Gasteiger partial charge in [0.1, 0.15) is 4.88 Å². The molecule has 2 rings (SSSR count). The van der Waals surface area contributed by atoms with Crippen molar-refractivity contribution < 1.29 is 14.7 Å². The lowest BCUT2D eigenvalue weighted by Gasteiger charge is -2.12. The van der Waals surface area contributed by atoms with Crippen molar-refractivity contribution in [2.24, 2.45) is 0 Å². The van der Waals surface area contributed by atoms with Gasteiger partial charge in [0, 0.05) is 5.69 Å². The molecule has 0 spiro atoms. The minimum Gasteiger partial charge on any atom is -0.477 e. The van der Waals surface area contributed by atoms with E-state index in [-0.39, 0.29) is 10.8 Å². The number of rotatable bonds is 3. The molecule has 0 bridgehead atoms. The first-order valence-electron chi connectivity index (χ1n) is 6.11. The number of carbonyl (C=O) groups is 2. The fourth-order valence-corrected chi connectivity index (χ4v) is 2.87. The minimum atomic E-state index is -1.02. The van der Waals surface area contributed by atoms with Crippen molar-refractivity contribution in [1.82, 2.24) is 0 Å². The normalized spacial score (nSPS) is 10.3. The SMILES string of the molecule is Cc1cc(C)c(NC(=O)c2ccc(C(=O)O)s2)c(C)c1. The average Bonchev–Trinajstić information content (AvgIpc) is 2.83. The molecule has 0 saturated carbocycles. The molecule has 20 heavy (non-hydrogen) atoms. The van der Waals surface area contributed by atoms with Crippen molar-refractivity contribution in [3.05, 3.63) is 50.7 Å². The molecule has 4 nitrogen and oxygen atoms in total. The number of amides is 1. The van der Waals surface area contributed by atoms with Crippen molar-refractivity contribution in [1.29, 1.82) is 0 Å². The molecule has 0 atom stereocenters. The van der Waals surface area contributed by atoms with Gasteiger partial charge < -0.3 is 10.4 Å². The summed E-state index contributed by atoms with van der Waals surface area (Å²) < 4.78 is 0. The smallest absolute Gasteiger partial charge is 0.345 e. The summed E-state index contributed by atoms with van der Waals surface area (Å²) in [6.07, 6.45) is 0. The van der Waals surface area contributed by atoms with Gasteiger partial charge in [-0.15, -0.1) is 11.3 Å². The van der Waals surface area contributed by atoms with Crippen LogP contribution < -0.4 is 5.32 Å². The van der Waals surface area contributed by atoms with Gasteiger partial charge in [-0.2, -0.15) is 0 Å². The molecule has 2 N–H and O–H groups in total. The maximum absolute atomic E-state index is 12.1. The lowest BCUT2D eigenvalue weighted by Crippen LogP contribution is -2.12. The second-order valence-corrected chi connectivity index (χ2v) is 5.78. The zero-order valence-corrected chi connectivity index (χ0v) is 12.3. The molecule has 1 aromatic heterocycles. The van der Waals surface area contributed by atoms with Crippen LogP contribution in [0.5, 0.6) is 0 Å². The first-order valence-corrected chi connectivity index (χ1v) is 6.92. The summed E-state index contributed by atoms with van der Waals surface area (Å²) in [6.45, 7) is 5.88. The maximum atomic E-state index is 12.1. The molecule has 0 aliphatic heterocycles. The summed E-state index contributed by atoms with van der Waals surface area (Å²) in [5.74, 6) is -1.30. The van der Waals surface area contributed by atoms with E-state index >= 15 is 0 Å². The van der Waals surface area contributed by atoms with Gasteiger partial charge in [-0.1, -0.05) is 17.7 Å². The highest BCUT2D eigenvalue weighted by Gasteiger charge is 2.14. The average molecular weight is 289 g/mol. The van der Waals surface area contributed by atoms with Crippen molar-refractivity contribution >= 4 is 28.9 Å². The monoisotopic (exact) mass is 289 g/mol. The van der Waals surface area contributed by atoms with E-state index in [0.717, 1.165) is 33.7 Å². The number of carboxylic acid groups (broad SMARTS) is 1. The Bertz CT molecular complexity index is 665. The lowest BCUT2D eigenvalue weighted by molar-refractivity contribution is 0.0702. The molecule has 0 unspecified atom stereocenters. The number of benzene rings is 1. The van der Waals surface area contributed by atoms with Gasteiger partial charge in [-0.05, 0) is 44.0 Å². The molecule has 2 aromatic rings. The second-order valence-electron chi connectivity index (χ2n) is 4.70. The Hall–Kier alpha value is -2.14. The number of aryl methyl sites for hydroxylation is 3. The van der Waals surface area contributed by atoms with Gasteiger partial charge >= 0.3 is 5.97 Å². The van der Waals surface area contributed by atoms with Crippen LogP contribution in [0.15, 0.2) is 24.3 Å². The number of aromatic carboxylic acids is 1. The van der Waals surface area contributed by atoms with Crippen LogP contribution >= 0.6 is 11.3 Å². The summed E-state index contributed by atoms with van der Waals surface area (Å²) >= 11 is 0.972. The minimum absolute atomic E-state index is 0.160. The Labute approximate surface area is 121 Å². The van der Waals surface area contributed by atoms with Gasteiger partial charge in [0.15, 0.2) is 0 Å². The van der Waals surface area contributed by atoms with Gasteiger partial charge in [0.05, 0.1) is 4.88 Å². The van der Waals surface area contributed by atoms with E-state index in [4.69, 9.17) is 5.11 Å². The maximum Gasteiger partial charge on any atom is 0.345 e. The largest absolute Gasteiger partial charge is 0.477 e. The standard InChI is InChI=1S/C15H15NO3S/c1-8-6-9(2)13(10(3)7-8)16-14(17)11-4-5-12(20-11)15(18)19/h4-7H,1-3H3,(H,16,17)(H,18,19). The van der Waals surface area contributed by atoms with E-state index in [2.05, 4.69) is 5.32 Å². The van der Waals surface area contributed by atoms with E-state index in [9.17, 15) is 9.59 Å². The Morgan fingerprint density at radius 1 is 1.05 bits per heavy atom. The van der Waals surface area contributed by atoms with E-state index in [1.165, 1.54) is 12.1 Å². The molecule has 0 aliphatic rings. The summed E-state index contributed by atoms with van der Waals surface area (Å²) in [7, 11) is 0. The predicted octanol–water partition coefficient (Wildman–Crippen LogP) is 3.62. The van der Waals surface area contributed by atoms with E-state index < -0.39 is 5.97 Å². The highest BCUT2D eigenvalue weighted by atomic mass is 32.1. The number of hydrogen-bond acceptors (Lipinski definition) is 3. The van der Waals surface area contributed by atoms with Crippen LogP contribution in [0.1, 0.15) is 36.0 Å². The number of nitrogens with one attached hydrogen (secondary N) is 1. The third-order valence-electron chi connectivity index (χ3n) is 2.96. The molecular weight excluding hydrogens is 274 g/mol. The van der Waals surface area contributed by atoms with Crippen LogP contribution in [-0.4, -0.2) is 17.0 Å². The summed E-state index contributed by atoms with van der Waals surface area (Å²) in [6, 6.07) is 6.97. The van der Waals surface area contributed by atoms with Crippen LogP contribution in [0.4, 0.5) is 5.69 Å². The summed E-state index contributed by atoms with van der Waals surface area (Å²) in [5.41, 5.74) is 3.91. The van der Waals surface area contributed by atoms with Crippen molar-refractivity contribution in [3.8, 4) is 0 Å². The van der Waals surface area contributed by atoms with Crippen molar-refractivity contribution in [2.45, 2.75) is 20.8 Å². The van der Waals surface area contributed by atoms with Crippen LogP contribution in [0.25, 0.3) is 0 Å². The molecular formula is C15H15NO3S. The zero-order chi connectivity index (χ0) is 14.9. The molecule has 0 radical (unpaired) electrons. The molecule has 1 amide bonds. The number of carbonyl (C=O) groups excluding carboxylic acids is 1. The van der Waals surface area contributed by atoms with Gasteiger partial charge in [-0.25, -0.2) is 4.79 Å². The molecule has 1 aromatic carbocycles. The third kappa shape index (κ3) is 2.88. The van der Waals surface area contributed by atoms with E-state index in [0.29, 0.717) is 4.88 Å². The molecule has 0 saturated heterocycles. The molecule has 0 aliphatic carbocycles. The van der Waals surface area contributed by atoms with Crippen molar-refractivity contribution in [3.63, 3.8) is 0 Å². The Balaban J connectivity index is 2.25. The van der Waals surface area contributed by atoms with Gasteiger partial charge in [-0.3, -0.25) is 4.79 Å². The van der Waals surface area contributed by atoms with Crippen LogP contribution in [0, 0.1) is 20.8 Å². The van der Waals surface area contributed by atoms with Crippen LogP contribution in [-0.2, 0) is 0 Å². The van der Waals surface area contributed by atoms with Gasteiger partial charge in [0.2, 0.25) is 0 Å². The first kappa shape index (κ1) is 14.3. The Kier molecular flexibility index (Phi) is 3.90. The van der Waals surface area contributed by atoms with E-state index in [1.807, 2.05) is 32.9 Å². The first-order chi connectivity index (χ1) is 9.38. The number of anilines is 1. The summed E-state index contributed by atoms with van der Waals surface area (Å²) in [5, 5.41) is 11.7. The number of carboxylic acids is 1. The van der Waals surface area contributed by atoms with Crippen LogP contribution in [0.2, 0.25) is 0 Å². The van der Waals surface area contributed by atoms with Crippen molar-refractivity contribution in [2.75, 3.05) is 5.32 Å². The predicted molar refractivity (Wildman–Crippen MR) is 79.9 cm³/mol. The highest BCUT2D eigenvalue weighted by molar-refractivity contribution is 7.15. The molecule has 5 heteroatoms. The van der Waals surface area contributed by atoms with Crippen LogP contribution in [0.3, 0.4) is 0 Å². The number of hydrogen-bond donors (Lipinski definition) is 2. The fraction of sp³-hybridized carbons (Fsp3) is 0.200. The Morgan fingerprint density at radius 2 is 1.60 bits per heavy atom. The van der Waals surface area contributed by atoms with E-state index in [1.54, 1.807) is 0 Å². The zero-order valence-electron chi connectivity index (χ0n) is 11.5. The molecule has 1 heterocycles. The lowest BCUT2D eigenvalue weighted by atomic mass is 10.1. The summed E-state index contributed by atoms with van der Waals surface area (Å²) in [4.78, 5) is 23.5. The second kappa shape index (κ2) is 5.46. The topological polar surface area (TPSA) is 66.4 Å². The number of thiophene rings is 1. The molecule has 0 fully saturated rings. The highest BCUT2D eigenvalue weighted by Crippen LogP contribution is 2.24. The fourth-order valence-electron chi connectivity index (χ4n) is 2.13. The molecule has 104 valence electrons. The quantitative estimate of drug-likeness (QED) is 0.906. The third-order valence-corrected chi connectivity index (χ3v) is 4.03. The van der Waals surface area contributed by atoms with Gasteiger partial charge in [0.25, 0.3) is 5.91 Å². The Morgan fingerprint density at radius 3 is 2.10 bits per heavy atom.